The number of ketones is 1. The monoisotopic (exact) mass is 154 g/mol. The fraction of sp³-hybridized carbons (Fsp3) is 0.375. The van der Waals surface area contributed by atoms with Crippen LogP contribution in [0.1, 0.15) is 13.3 Å². The lowest BCUT2D eigenvalue weighted by Crippen LogP contribution is -2.29. The van der Waals surface area contributed by atoms with Gasteiger partial charge in [-0.2, -0.15) is 12.6 Å². The van der Waals surface area contributed by atoms with Crippen LogP contribution in [0, 0.1) is 0 Å². The molecule has 0 heterocycles. The summed E-state index contributed by atoms with van der Waals surface area (Å²) in [5.41, 5.74) is 0. The van der Waals surface area contributed by atoms with Crippen LogP contribution in [0.3, 0.4) is 0 Å². The second kappa shape index (κ2) is 2.62. The van der Waals surface area contributed by atoms with Gasteiger partial charge in [-0.3, -0.25) is 4.79 Å². The Balaban J connectivity index is 2.88. The molecule has 0 fully saturated rings. The molecular weight excluding hydrogens is 144 g/mol. The average Bonchev–Trinajstić information content (AvgIpc) is 1.96. The van der Waals surface area contributed by atoms with Gasteiger partial charge in [0, 0.05) is 0 Å². The van der Waals surface area contributed by atoms with E-state index in [1.807, 2.05) is 19.1 Å². The predicted molar refractivity (Wildman–Crippen MR) is 45.3 cm³/mol. The Hall–Kier alpha value is -0.500. The summed E-state index contributed by atoms with van der Waals surface area (Å²) in [5, 5.41) is 0. The molecule has 0 saturated carbocycles. The first kappa shape index (κ1) is 7.61. The van der Waals surface area contributed by atoms with Crippen LogP contribution in [0.25, 0.3) is 0 Å². The fourth-order valence-corrected chi connectivity index (χ4v) is 1.04. The molecule has 54 valence electrons. The van der Waals surface area contributed by atoms with Gasteiger partial charge in [-0.05, 0) is 12.5 Å². The predicted octanol–water partition coefficient (Wildman–Crippen LogP) is 1.76. The molecule has 1 aliphatic rings. The van der Waals surface area contributed by atoms with E-state index in [1.54, 1.807) is 12.2 Å². The molecule has 1 unspecified atom stereocenters. The van der Waals surface area contributed by atoms with Gasteiger partial charge in [0.2, 0.25) is 0 Å². The molecule has 0 radical (unpaired) electrons. The molecule has 0 N–H and O–H groups in total. The van der Waals surface area contributed by atoms with Crippen molar-refractivity contribution >= 4 is 18.4 Å². The molecule has 1 aliphatic carbocycles. The van der Waals surface area contributed by atoms with E-state index in [0.717, 1.165) is 6.42 Å². The fourth-order valence-electron chi connectivity index (χ4n) is 0.876. The molecule has 0 amide bonds. The molecule has 0 spiro atoms. The lowest BCUT2D eigenvalue weighted by molar-refractivity contribution is -0.115. The maximum absolute atomic E-state index is 11.1. The summed E-state index contributed by atoms with van der Waals surface area (Å²) < 4.78 is -0.533. The maximum atomic E-state index is 11.1. The van der Waals surface area contributed by atoms with Gasteiger partial charge in [0.25, 0.3) is 0 Å². The first-order chi connectivity index (χ1) is 4.69. The van der Waals surface area contributed by atoms with E-state index in [1.165, 1.54) is 0 Å². The number of carbonyl (C=O) groups is 1. The topological polar surface area (TPSA) is 17.1 Å². The van der Waals surface area contributed by atoms with Crippen molar-refractivity contribution in [1.82, 2.24) is 0 Å². The normalized spacial score (nSPS) is 31.2. The highest BCUT2D eigenvalue weighted by Crippen LogP contribution is 2.24. The van der Waals surface area contributed by atoms with Crippen LogP contribution in [-0.2, 0) is 4.79 Å². The Morgan fingerprint density at radius 3 is 2.70 bits per heavy atom. The molecule has 0 aromatic rings. The van der Waals surface area contributed by atoms with E-state index in [4.69, 9.17) is 0 Å². The molecule has 2 heteroatoms. The second-order valence-corrected chi connectivity index (χ2v) is 3.16. The van der Waals surface area contributed by atoms with Crippen LogP contribution in [0.15, 0.2) is 24.3 Å². The van der Waals surface area contributed by atoms with E-state index < -0.39 is 4.75 Å². The Morgan fingerprint density at radius 1 is 1.60 bits per heavy atom. The first-order valence-electron chi connectivity index (χ1n) is 3.32. The summed E-state index contributed by atoms with van der Waals surface area (Å²) in [7, 11) is 0. The van der Waals surface area contributed by atoms with Crippen molar-refractivity contribution in [2.75, 3.05) is 0 Å². The van der Waals surface area contributed by atoms with Gasteiger partial charge >= 0.3 is 0 Å². The lowest BCUT2D eigenvalue weighted by atomic mass is 9.96. The van der Waals surface area contributed by atoms with Crippen molar-refractivity contribution in [2.45, 2.75) is 18.1 Å². The van der Waals surface area contributed by atoms with Crippen LogP contribution >= 0.6 is 12.6 Å². The minimum atomic E-state index is -0.533. The van der Waals surface area contributed by atoms with Crippen molar-refractivity contribution < 1.29 is 4.79 Å². The van der Waals surface area contributed by atoms with Crippen LogP contribution in [0.4, 0.5) is 0 Å². The van der Waals surface area contributed by atoms with Crippen molar-refractivity contribution in [1.29, 1.82) is 0 Å². The number of hydrogen-bond donors (Lipinski definition) is 1. The van der Waals surface area contributed by atoms with Gasteiger partial charge in [0.1, 0.15) is 0 Å². The number of carbonyl (C=O) groups excluding carboxylic acids is 1. The third-order valence-electron chi connectivity index (χ3n) is 1.70. The van der Waals surface area contributed by atoms with E-state index in [2.05, 4.69) is 12.6 Å². The van der Waals surface area contributed by atoms with Crippen LogP contribution < -0.4 is 0 Å². The van der Waals surface area contributed by atoms with Gasteiger partial charge in [-0.15, -0.1) is 0 Å². The highest BCUT2D eigenvalue weighted by molar-refractivity contribution is 7.83. The van der Waals surface area contributed by atoms with Crippen molar-refractivity contribution in [2.24, 2.45) is 0 Å². The summed E-state index contributed by atoms with van der Waals surface area (Å²) in [6.07, 6.45) is 7.75. The quantitative estimate of drug-likeness (QED) is 0.569. The van der Waals surface area contributed by atoms with Crippen molar-refractivity contribution in [3.05, 3.63) is 24.3 Å². The van der Waals surface area contributed by atoms with Gasteiger partial charge in [0.15, 0.2) is 5.78 Å². The highest BCUT2D eigenvalue weighted by Gasteiger charge is 2.28. The summed E-state index contributed by atoms with van der Waals surface area (Å²) in [4.78, 5) is 11.1. The maximum Gasteiger partial charge on any atom is 0.175 e. The first-order valence-corrected chi connectivity index (χ1v) is 3.76. The second-order valence-electron chi connectivity index (χ2n) is 2.36. The zero-order chi connectivity index (χ0) is 7.61. The molecule has 1 nitrogen and oxygen atoms in total. The molecule has 0 bridgehead atoms. The van der Waals surface area contributed by atoms with Gasteiger partial charge in [0.05, 0.1) is 4.75 Å². The zero-order valence-corrected chi connectivity index (χ0v) is 6.77. The van der Waals surface area contributed by atoms with E-state index in [9.17, 15) is 4.79 Å². The van der Waals surface area contributed by atoms with Crippen LogP contribution in [-0.4, -0.2) is 10.5 Å². The molecule has 1 rings (SSSR count). The summed E-state index contributed by atoms with van der Waals surface area (Å²) >= 11 is 4.26. The van der Waals surface area contributed by atoms with Gasteiger partial charge in [-0.25, -0.2) is 0 Å². The third kappa shape index (κ3) is 1.16. The third-order valence-corrected chi connectivity index (χ3v) is 2.38. The minimum absolute atomic E-state index is 0.0841. The van der Waals surface area contributed by atoms with Gasteiger partial charge in [-0.1, -0.05) is 25.2 Å². The van der Waals surface area contributed by atoms with Crippen molar-refractivity contribution in [3.63, 3.8) is 0 Å². The largest absolute Gasteiger partial charge is 0.293 e. The number of thiol groups is 1. The van der Waals surface area contributed by atoms with Gasteiger partial charge < -0.3 is 0 Å². The Bertz CT molecular complexity index is 205. The summed E-state index contributed by atoms with van der Waals surface area (Å²) in [5.74, 6) is 0.0841. The average molecular weight is 154 g/mol. The van der Waals surface area contributed by atoms with Crippen LogP contribution in [0.2, 0.25) is 0 Å². The number of allylic oxidation sites excluding steroid dienone is 3. The Kier molecular flexibility index (Phi) is 2.00. The van der Waals surface area contributed by atoms with E-state index >= 15 is 0 Å². The lowest BCUT2D eigenvalue weighted by Gasteiger charge is -2.20. The molecule has 0 saturated heterocycles. The van der Waals surface area contributed by atoms with E-state index in [0.29, 0.717) is 0 Å². The van der Waals surface area contributed by atoms with Crippen molar-refractivity contribution in [3.8, 4) is 0 Å². The SMILES string of the molecule is CCC1(S)C=CC=CC1=O. The van der Waals surface area contributed by atoms with E-state index in [-0.39, 0.29) is 5.78 Å². The summed E-state index contributed by atoms with van der Waals surface area (Å²) in [6, 6.07) is 0. The molecule has 0 aromatic heterocycles. The molecule has 0 aromatic carbocycles. The molecular formula is C8H10OS. The smallest absolute Gasteiger partial charge is 0.175 e. The highest BCUT2D eigenvalue weighted by atomic mass is 32.1. The molecule has 1 atom stereocenters. The zero-order valence-electron chi connectivity index (χ0n) is 5.87. The number of hydrogen-bond acceptors (Lipinski definition) is 2. The van der Waals surface area contributed by atoms with Crippen LogP contribution in [0.5, 0.6) is 0 Å². The molecule has 10 heavy (non-hydrogen) atoms. The Labute approximate surface area is 66.2 Å². The Morgan fingerprint density at radius 2 is 2.30 bits per heavy atom. The number of rotatable bonds is 1. The summed E-state index contributed by atoms with van der Waals surface area (Å²) in [6.45, 7) is 1.95. The standard InChI is InChI=1S/C8H10OS/c1-2-8(10)6-4-3-5-7(8)9/h3-6,10H,2H2,1H3. The minimum Gasteiger partial charge on any atom is -0.293 e. The molecule has 0 aliphatic heterocycles.